The number of rotatable bonds is 6. The van der Waals surface area contributed by atoms with Crippen LogP contribution in [0.15, 0.2) is 49.1 Å². The molecule has 26 heavy (non-hydrogen) atoms. The number of imidazole rings is 1. The average molecular weight is 391 g/mol. The van der Waals surface area contributed by atoms with Crippen LogP contribution in [-0.4, -0.2) is 31.8 Å². The Kier molecular flexibility index (Phi) is 5.34. The molecule has 7 nitrogen and oxygen atoms in total. The fourth-order valence-electron chi connectivity index (χ4n) is 2.56. The molecular weight excluding hydrogens is 376 g/mol. The van der Waals surface area contributed by atoms with E-state index >= 15 is 0 Å². The van der Waals surface area contributed by atoms with E-state index in [2.05, 4.69) is 4.98 Å². The number of halogens is 1. The first-order valence-electron chi connectivity index (χ1n) is 7.80. The smallest absolute Gasteiger partial charge is 0.294 e. The van der Waals surface area contributed by atoms with Crippen LogP contribution in [0.2, 0.25) is 4.34 Å². The first kappa shape index (κ1) is 18.1. The van der Waals surface area contributed by atoms with Crippen LogP contribution < -0.4 is 0 Å². The van der Waals surface area contributed by atoms with Gasteiger partial charge in [-0.25, -0.2) is 4.98 Å². The lowest BCUT2D eigenvalue weighted by atomic mass is 10.1. The molecule has 134 valence electrons. The molecule has 3 aromatic rings. The van der Waals surface area contributed by atoms with E-state index in [0.29, 0.717) is 23.1 Å². The van der Waals surface area contributed by atoms with E-state index < -0.39 is 4.92 Å². The summed E-state index contributed by atoms with van der Waals surface area (Å²) in [5.74, 6) is -0.266. The summed E-state index contributed by atoms with van der Waals surface area (Å²) in [6.07, 6.45) is 4.62. The summed E-state index contributed by atoms with van der Waals surface area (Å²) < 4.78 is 2.20. The highest BCUT2D eigenvalue weighted by Gasteiger charge is 2.22. The molecule has 1 aromatic carbocycles. The third kappa shape index (κ3) is 3.76. The van der Waals surface area contributed by atoms with Crippen molar-refractivity contribution in [2.45, 2.75) is 13.5 Å². The topological polar surface area (TPSA) is 81.3 Å². The van der Waals surface area contributed by atoms with Gasteiger partial charge in [-0.05, 0) is 31.2 Å². The number of benzene rings is 1. The lowest BCUT2D eigenvalue weighted by Gasteiger charge is -2.20. The van der Waals surface area contributed by atoms with E-state index in [4.69, 9.17) is 11.6 Å². The van der Waals surface area contributed by atoms with Crippen LogP contribution in [0.3, 0.4) is 0 Å². The Morgan fingerprint density at radius 1 is 1.38 bits per heavy atom. The molecule has 0 aliphatic heterocycles. The Morgan fingerprint density at radius 3 is 2.77 bits per heavy atom. The second kappa shape index (κ2) is 7.67. The predicted octanol–water partition coefficient (Wildman–Crippen LogP) is 4.16. The molecule has 0 spiro atoms. The van der Waals surface area contributed by atoms with Crippen molar-refractivity contribution in [3.05, 3.63) is 73.9 Å². The van der Waals surface area contributed by atoms with Crippen molar-refractivity contribution in [1.29, 1.82) is 0 Å². The number of nitro groups is 1. The van der Waals surface area contributed by atoms with E-state index in [-0.39, 0.29) is 17.2 Å². The number of nitro benzene ring substituents is 1. The molecule has 2 aromatic heterocycles. The lowest BCUT2D eigenvalue weighted by molar-refractivity contribution is -0.384. The van der Waals surface area contributed by atoms with Crippen LogP contribution in [0.4, 0.5) is 5.69 Å². The summed E-state index contributed by atoms with van der Waals surface area (Å²) in [5.41, 5.74) is 0.478. The van der Waals surface area contributed by atoms with Gasteiger partial charge in [-0.1, -0.05) is 11.6 Å². The van der Waals surface area contributed by atoms with Crippen molar-refractivity contribution < 1.29 is 9.72 Å². The quantitative estimate of drug-likeness (QED) is 0.467. The number of amides is 1. The van der Waals surface area contributed by atoms with Gasteiger partial charge in [-0.3, -0.25) is 14.9 Å². The second-order valence-corrected chi connectivity index (χ2v) is 7.26. The van der Waals surface area contributed by atoms with Crippen LogP contribution >= 0.6 is 22.9 Å². The van der Waals surface area contributed by atoms with E-state index in [1.807, 2.05) is 13.0 Å². The maximum Gasteiger partial charge on any atom is 0.294 e. The predicted molar refractivity (Wildman–Crippen MR) is 100.0 cm³/mol. The van der Waals surface area contributed by atoms with Crippen molar-refractivity contribution >= 4 is 34.5 Å². The molecular formula is C17H15ClN4O3S. The van der Waals surface area contributed by atoms with Gasteiger partial charge >= 0.3 is 0 Å². The van der Waals surface area contributed by atoms with Crippen molar-refractivity contribution in [3.63, 3.8) is 0 Å². The van der Waals surface area contributed by atoms with Crippen LogP contribution in [0.25, 0.3) is 5.69 Å². The van der Waals surface area contributed by atoms with Gasteiger partial charge in [0.25, 0.3) is 11.6 Å². The van der Waals surface area contributed by atoms with Crippen LogP contribution in [0, 0.1) is 10.1 Å². The summed E-state index contributed by atoms with van der Waals surface area (Å²) in [4.78, 5) is 30.3. The molecule has 0 atom stereocenters. The molecule has 0 bridgehead atoms. The number of carbonyl (C=O) groups is 1. The number of thiophene rings is 1. The largest absolute Gasteiger partial charge is 0.334 e. The molecule has 0 aliphatic carbocycles. The van der Waals surface area contributed by atoms with Gasteiger partial charge in [0.1, 0.15) is 5.69 Å². The van der Waals surface area contributed by atoms with Crippen molar-refractivity contribution in [2.75, 3.05) is 6.54 Å². The Labute approximate surface area is 158 Å². The number of nitrogens with zero attached hydrogens (tertiary/aromatic N) is 4. The maximum absolute atomic E-state index is 12.8. The van der Waals surface area contributed by atoms with Crippen molar-refractivity contribution in [1.82, 2.24) is 14.5 Å². The molecule has 0 radical (unpaired) electrons. The third-order valence-corrected chi connectivity index (χ3v) is 5.06. The summed E-state index contributed by atoms with van der Waals surface area (Å²) >= 11 is 7.34. The molecule has 0 N–H and O–H groups in total. The van der Waals surface area contributed by atoms with Gasteiger partial charge in [0, 0.05) is 35.4 Å². The van der Waals surface area contributed by atoms with Gasteiger partial charge in [-0.15, -0.1) is 11.3 Å². The van der Waals surface area contributed by atoms with E-state index in [1.165, 1.54) is 34.5 Å². The number of carbonyl (C=O) groups excluding carboxylic acids is 1. The van der Waals surface area contributed by atoms with Crippen LogP contribution in [-0.2, 0) is 6.54 Å². The molecule has 0 unspecified atom stereocenters. The zero-order valence-corrected chi connectivity index (χ0v) is 15.4. The molecule has 0 fully saturated rings. The standard InChI is InChI=1S/C17H15ClN4O3S/c1-2-20(10-13-4-6-16(18)26-13)17(23)12-3-5-14(15(9-12)22(24)25)21-8-7-19-11-21/h3-9,11H,2,10H2,1H3. The zero-order valence-electron chi connectivity index (χ0n) is 13.8. The van der Waals surface area contributed by atoms with Crippen LogP contribution in [0.5, 0.6) is 0 Å². The Bertz CT molecular complexity index is 939. The molecule has 0 saturated heterocycles. The van der Waals surface area contributed by atoms with Gasteiger partial charge in [-0.2, -0.15) is 0 Å². The summed E-state index contributed by atoms with van der Waals surface area (Å²) in [6, 6.07) is 8.11. The molecule has 2 heterocycles. The number of aromatic nitrogens is 2. The molecule has 3 rings (SSSR count). The Balaban J connectivity index is 1.91. The summed E-state index contributed by atoms with van der Waals surface area (Å²) in [6.45, 7) is 2.75. The van der Waals surface area contributed by atoms with E-state index in [1.54, 1.807) is 29.3 Å². The molecule has 9 heteroatoms. The summed E-state index contributed by atoms with van der Waals surface area (Å²) in [5, 5.41) is 11.5. The maximum atomic E-state index is 12.8. The monoisotopic (exact) mass is 390 g/mol. The van der Waals surface area contributed by atoms with Crippen molar-refractivity contribution in [2.24, 2.45) is 0 Å². The molecule has 0 saturated carbocycles. The highest BCUT2D eigenvalue weighted by Crippen LogP contribution is 2.26. The number of hydrogen-bond donors (Lipinski definition) is 0. The minimum absolute atomic E-state index is 0.149. The van der Waals surface area contributed by atoms with Gasteiger partial charge in [0.15, 0.2) is 0 Å². The second-order valence-electron chi connectivity index (χ2n) is 5.46. The first-order valence-corrected chi connectivity index (χ1v) is 8.99. The SMILES string of the molecule is CCN(Cc1ccc(Cl)s1)C(=O)c1ccc(-n2ccnc2)c([N+](=O)[O-])c1. The Morgan fingerprint density at radius 2 is 2.19 bits per heavy atom. The van der Waals surface area contributed by atoms with Gasteiger partial charge in [0.2, 0.25) is 0 Å². The third-order valence-electron chi connectivity index (χ3n) is 3.85. The number of hydrogen-bond acceptors (Lipinski definition) is 5. The van der Waals surface area contributed by atoms with Crippen molar-refractivity contribution in [3.8, 4) is 5.69 Å². The lowest BCUT2D eigenvalue weighted by Crippen LogP contribution is -2.30. The molecule has 0 aliphatic rings. The fraction of sp³-hybridized carbons (Fsp3) is 0.176. The normalized spacial score (nSPS) is 10.7. The minimum Gasteiger partial charge on any atom is -0.334 e. The Hall–Kier alpha value is -2.71. The van der Waals surface area contributed by atoms with Gasteiger partial charge in [0.05, 0.1) is 22.1 Å². The summed E-state index contributed by atoms with van der Waals surface area (Å²) in [7, 11) is 0. The molecule has 1 amide bonds. The van der Waals surface area contributed by atoms with E-state index in [0.717, 1.165) is 4.88 Å². The van der Waals surface area contributed by atoms with E-state index in [9.17, 15) is 14.9 Å². The van der Waals surface area contributed by atoms with Crippen LogP contribution in [0.1, 0.15) is 22.2 Å². The zero-order chi connectivity index (χ0) is 18.7. The highest BCUT2D eigenvalue weighted by atomic mass is 35.5. The average Bonchev–Trinajstić information content (AvgIpc) is 3.30. The minimum atomic E-state index is -0.499. The first-order chi connectivity index (χ1) is 12.5. The fourth-order valence-corrected chi connectivity index (χ4v) is 3.66. The van der Waals surface area contributed by atoms with Gasteiger partial charge < -0.3 is 9.47 Å². The highest BCUT2D eigenvalue weighted by molar-refractivity contribution is 7.16.